The second kappa shape index (κ2) is 5.58. The van der Waals surface area contributed by atoms with Crippen LogP contribution in [0.4, 0.5) is 5.69 Å². The van der Waals surface area contributed by atoms with E-state index < -0.39 is 6.10 Å². The van der Waals surface area contributed by atoms with E-state index in [1.165, 1.54) is 0 Å². The highest BCUT2D eigenvalue weighted by Crippen LogP contribution is 2.28. The molecule has 4 heteroatoms. The first kappa shape index (κ1) is 13.6. The molecule has 1 fully saturated rings. The van der Waals surface area contributed by atoms with Crippen LogP contribution in [0.5, 0.6) is 11.5 Å². The van der Waals surface area contributed by atoms with Gasteiger partial charge in [-0.05, 0) is 42.8 Å². The van der Waals surface area contributed by atoms with E-state index >= 15 is 0 Å². The fraction of sp³-hybridized carbons (Fsp3) is 0.235. The van der Waals surface area contributed by atoms with E-state index in [9.17, 15) is 9.90 Å². The smallest absolute Gasteiger partial charge is 0.229 e. The van der Waals surface area contributed by atoms with Gasteiger partial charge in [-0.2, -0.15) is 0 Å². The molecule has 1 heterocycles. The topological polar surface area (TPSA) is 49.8 Å². The maximum atomic E-state index is 11.7. The Balaban J connectivity index is 1.76. The molecule has 1 atom stereocenters. The number of carbonyl (C=O) groups excluding carboxylic acids is 1. The molecule has 1 saturated heterocycles. The number of para-hydroxylation sites is 1. The Morgan fingerprint density at radius 1 is 1.14 bits per heavy atom. The van der Waals surface area contributed by atoms with Crippen molar-refractivity contribution in [1.29, 1.82) is 0 Å². The molecular weight excluding hydrogens is 266 g/mol. The first-order chi connectivity index (χ1) is 10.1. The molecule has 1 unspecified atom stereocenters. The lowest BCUT2D eigenvalue weighted by Gasteiger charge is -2.16. The van der Waals surface area contributed by atoms with Gasteiger partial charge in [0, 0.05) is 5.69 Å². The molecule has 0 radical (unpaired) electrons. The van der Waals surface area contributed by atoms with Gasteiger partial charge in [0.25, 0.3) is 0 Å². The van der Waals surface area contributed by atoms with Crippen LogP contribution < -0.4 is 9.64 Å². The molecule has 0 aromatic heterocycles. The maximum absolute atomic E-state index is 11.7. The van der Waals surface area contributed by atoms with Crippen LogP contribution in [0, 0.1) is 6.92 Å². The molecule has 0 bridgehead atoms. The molecule has 3 rings (SSSR count). The SMILES string of the molecule is Cc1ccccc1Oc1ccc(N2CC(O)CC2=O)cc1. The third-order valence-corrected chi connectivity index (χ3v) is 3.57. The number of rotatable bonds is 3. The molecule has 0 aliphatic carbocycles. The molecular formula is C17H17NO3. The number of nitrogens with zero attached hydrogens (tertiary/aromatic N) is 1. The number of hydrogen-bond donors (Lipinski definition) is 1. The largest absolute Gasteiger partial charge is 0.457 e. The van der Waals surface area contributed by atoms with E-state index in [4.69, 9.17) is 4.74 Å². The van der Waals surface area contributed by atoms with E-state index in [-0.39, 0.29) is 12.3 Å². The molecule has 1 aliphatic heterocycles. The van der Waals surface area contributed by atoms with Crippen LogP contribution in [0.3, 0.4) is 0 Å². The number of aryl methyl sites for hydroxylation is 1. The number of aliphatic hydroxyl groups excluding tert-OH is 1. The van der Waals surface area contributed by atoms with Crippen molar-refractivity contribution in [2.24, 2.45) is 0 Å². The molecule has 1 N–H and O–H groups in total. The molecule has 1 amide bonds. The third kappa shape index (κ3) is 2.90. The number of hydrogen-bond acceptors (Lipinski definition) is 3. The molecule has 0 spiro atoms. The van der Waals surface area contributed by atoms with Crippen LogP contribution in [0.2, 0.25) is 0 Å². The van der Waals surface area contributed by atoms with Gasteiger partial charge in [-0.25, -0.2) is 0 Å². The molecule has 1 aliphatic rings. The highest BCUT2D eigenvalue weighted by atomic mass is 16.5. The monoisotopic (exact) mass is 283 g/mol. The van der Waals surface area contributed by atoms with Gasteiger partial charge in [-0.1, -0.05) is 18.2 Å². The van der Waals surface area contributed by atoms with Gasteiger partial charge in [-0.3, -0.25) is 4.79 Å². The van der Waals surface area contributed by atoms with Crippen molar-refractivity contribution >= 4 is 11.6 Å². The van der Waals surface area contributed by atoms with Crippen molar-refractivity contribution in [3.8, 4) is 11.5 Å². The van der Waals surface area contributed by atoms with Crippen LogP contribution in [0.25, 0.3) is 0 Å². The predicted octanol–water partition coefficient (Wildman–Crippen LogP) is 2.88. The summed E-state index contributed by atoms with van der Waals surface area (Å²) in [4.78, 5) is 13.3. The summed E-state index contributed by atoms with van der Waals surface area (Å²) in [5.41, 5.74) is 1.85. The van der Waals surface area contributed by atoms with E-state index in [1.54, 1.807) is 4.90 Å². The summed E-state index contributed by atoms with van der Waals surface area (Å²) in [5.74, 6) is 1.49. The summed E-state index contributed by atoms with van der Waals surface area (Å²) in [7, 11) is 0. The minimum absolute atomic E-state index is 0.0462. The summed E-state index contributed by atoms with van der Waals surface area (Å²) in [5, 5.41) is 9.52. The van der Waals surface area contributed by atoms with Crippen molar-refractivity contribution in [3.63, 3.8) is 0 Å². The molecule has 4 nitrogen and oxygen atoms in total. The standard InChI is InChI=1S/C17H17NO3/c1-12-4-2-3-5-16(12)21-15-8-6-13(7-9-15)18-11-14(19)10-17(18)20/h2-9,14,19H,10-11H2,1H3. The van der Waals surface area contributed by atoms with Crippen LogP contribution in [-0.2, 0) is 4.79 Å². The number of anilines is 1. The quantitative estimate of drug-likeness (QED) is 0.942. The summed E-state index contributed by atoms with van der Waals surface area (Å²) < 4.78 is 5.82. The van der Waals surface area contributed by atoms with Gasteiger partial charge in [0.15, 0.2) is 0 Å². The normalized spacial score (nSPS) is 18.1. The molecule has 2 aromatic rings. The van der Waals surface area contributed by atoms with E-state index in [2.05, 4.69) is 0 Å². The molecule has 21 heavy (non-hydrogen) atoms. The zero-order chi connectivity index (χ0) is 14.8. The molecule has 108 valence electrons. The second-order valence-electron chi connectivity index (χ2n) is 5.22. The number of ether oxygens (including phenoxy) is 1. The maximum Gasteiger partial charge on any atom is 0.229 e. The van der Waals surface area contributed by atoms with Crippen molar-refractivity contribution in [2.45, 2.75) is 19.4 Å². The Kier molecular flexibility index (Phi) is 3.62. The average Bonchev–Trinajstić information content (AvgIpc) is 2.81. The van der Waals surface area contributed by atoms with Crippen molar-refractivity contribution < 1.29 is 14.6 Å². The van der Waals surface area contributed by atoms with E-state index in [0.717, 1.165) is 22.7 Å². The van der Waals surface area contributed by atoms with Crippen LogP contribution in [0.1, 0.15) is 12.0 Å². The van der Waals surface area contributed by atoms with Gasteiger partial charge in [0.2, 0.25) is 5.91 Å². The van der Waals surface area contributed by atoms with Crippen LogP contribution >= 0.6 is 0 Å². The van der Waals surface area contributed by atoms with Crippen LogP contribution in [-0.4, -0.2) is 23.7 Å². The zero-order valence-electron chi connectivity index (χ0n) is 11.8. The number of carbonyl (C=O) groups is 1. The number of β-amino-alcohol motifs (C(OH)–C–C–N with tert-alkyl or cyclic N) is 1. The Bertz CT molecular complexity index is 651. The lowest BCUT2D eigenvalue weighted by atomic mass is 10.2. The second-order valence-corrected chi connectivity index (χ2v) is 5.22. The minimum atomic E-state index is -0.569. The minimum Gasteiger partial charge on any atom is -0.457 e. The number of benzene rings is 2. The Hall–Kier alpha value is -2.33. The fourth-order valence-corrected chi connectivity index (χ4v) is 2.43. The van der Waals surface area contributed by atoms with Crippen molar-refractivity contribution in [2.75, 3.05) is 11.4 Å². The number of amides is 1. The Morgan fingerprint density at radius 2 is 1.86 bits per heavy atom. The molecule has 0 saturated carbocycles. The van der Waals surface area contributed by atoms with Gasteiger partial charge in [-0.15, -0.1) is 0 Å². The summed E-state index contributed by atoms with van der Waals surface area (Å²) in [6.45, 7) is 2.35. The Labute approximate surface area is 123 Å². The lowest BCUT2D eigenvalue weighted by Crippen LogP contribution is -2.24. The van der Waals surface area contributed by atoms with Crippen molar-refractivity contribution in [1.82, 2.24) is 0 Å². The fourth-order valence-electron chi connectivity index (χ4n) is 2.43. The van der Waals surface area contributed by atoms with Gasteiger partial charge < -0.3 is 14.7 Å². The predicted molar refractivity (Wildman–Crippen MR) is 80.7 cm³/mol. The highest BCUT2D eigenvalue weighted by molar-refractivity contribution is 5.96. The summed E-state index contributed by atoms with van der Waals surface area (Å²) in [6, 6.07) is 15.2. The lowest BCUT2D eigenvalue weighted by molar-refractivity contribution is -0.117. The Morgan fingerprint density at radius 3 is 2.48 bits per heavy atom. The van der Waals surface area contributed by atoms with Gasteiger partial charge in [0.1, 0.15) is 11.5 Å². The summed E-state index contributed by atoms with van der Waals surface area (Å²) in [6.07, 6.45) is -0.373. The van der Waals surface area contributed by atoms with Crippen LogP contribution in [0.15, 0.2) is 48.5 Å². The first-order valence-corrected chi connectivity index (χ1v) is 6.95. The summed E-state index contributed by atoms with van der Waals surface area (Å²) >= 11 is 0. The zero-order valence-corrected chi connectivity index (χ0v) is 11.8. The van der Waals surface area contributed by atoms with Gasteiger partial charge >= 0.3 is 0 Å². The van der Waals surface area contributed by atoms with Crippen molar-refractivity contribution in [3.05, 3.63) is 54.1 Å². The number of aliphatic hydroxyl groups is 1. The van der Waals surface area contributed by atoms with E-state index in [0.29, 0.717) is 6.54 Å². The third-order valence-electron chi connectivity index (χ3n) is 3.57. The van der Waals surface area contributed by atoms with E-state index in [1.807, 2.05) is 55.5 Å². The first-order valence-electron chi connectivity index (χ1n) is 6.95. The highest BCUT2D eigenvalue weighted by Gasteiger charge is 2.28. The average molecular weight is 283 g/mol. The molecule has 2 aromatic carbocycles. The van der Waals surface area contributed by atoms with Gasteiger partial charge in [0.05, 0.1) is 19.1 Å².